The number of rotatable bonds is 6. The standard InChI is InChI=1S/C19H27N7O/c1-20-19(26-8-5-16(6-9-26)18-23-13-24-25-18)22-11-15-4-7-21-17(10-15)27-12-14-2-3-14/h4,7,10,13-14,16H,2-3,5-6,8-9,11-12H2,1H3,(H,20,22)(H,23,24,25). The Kier molecular flexibility index (Phi) is 5.50. The van der Waals surface area contributed by atoms with Crippen LogP contribution in [0.4, 0.5) is 0 Å². The monoisotopic (exact) mass is 369 g/mol. The summed E-state index contributed by atoms with van der Waals surface area (Å²) >= 11 is 0. The average Bonchev–Trinajstić information content (AvgIpc) is 3.39. The fraction of sp³-hybridized carbons (Fsp3) is 0.579. The summed E-state index contributed by atoms with van der Waals surface area (Å²) in [6.07, 6.45) is 8.05. The van der Waals surface area contributed by atoms with Crippen molar-refractivity contribution in [3.05, 3.63) is 36.0 Å². The van der Waals surface area contributed by atoms with Gasteiger partial charge < -0.3 is 15.0 Å². The summed E-state index contributed by atoms with van der Waals surface area (Å²) < 4.78 is 5.77. The van der Waals surface area contributed by atoms with Crippen molar-refractivity contribution in [3.63, 3.8) is 0 Å². The smallest absolute Gasteiger partial charge is 0.213 e. The number of aromatic amines is 1. The maximum absolute atomic E-state index is 5.77. The largest absolute Gasteiger partial charge is 0.477 e. The Balaban J connectivity index is 1.27. The van der Waals surface area contributed by atoms with Gasteiger partial charge in [-0.25, -0.2) is 9.97 Å². The van der Waals surface area contributed by atoms with Crippen LogP contribution in [0, 0.1) is 5.92 Å². The van der Waals surface area contributed by atoms with E-state index in [9.17, 15) is 0 Å². The predicted octanol–water partition coefficient (Wildman–Crippen LogP) is 1.94. The van der Waals surface area contributed by atoms with Gasteiger partial charge in [0.25, 0.3) is 0 Å². The Labute approximate surface area is 159 Å². The van der Waals surface area contributed by atoms with Crippen molar-refractivity contribution in [2.75, 3.05) is 26.7 Å². The molecular weight excluding hydrogens is 342 g/mol. The molecule has 2 aromatic heterocycles. The number of nitrogens with one attached hydrogen (secondary N) is 2. The Morgan fingerprint density at radius 1 is 1.30 bits per heavy atom. The third-order valence-electron chi connectivity index (χ3n) is 5.24. The van der Waals surface area contributed by atoms with E-state index in [-0.39, 0.29) is 0 Å². The number of pyridine rings is 1. The molecule has 0 atom stereocenters. The molecule has 0 amide bonds. The summed E-state index contributed by atoms with van der Waals surface area (Å²) in [6, 6.07) is 4.03. The number of piperidine rings is 1. The lowest BCUT2D eigenvalue weighted by Gasteiger charge is -2.33. The molecule has 0 radical (unpaired) electrons. The average molecular weight is 369 g/mol. The first-order valence-corrected chi connectivity index (χ1v) is 9.70. The van der Waals surface area contributed by atoms with E-state index in [4.69, 9.17) is 4.74 Å². The van der Waals surface area contributed by atoms with Crippen molar-refractivity contribution < 1.29 is 4.74 Å². The fourth-order valence-corrected chi connectivity index (χ4v) is 3.42. The Morgan fingerprint density at radius 3 is 2.85 bits per heavy atom. The number of nitrogens with zero attached hydrogens (tertiary/aromatic N) is 5. The van der Waals surface area contributed by atoms with Crippen molar-refractivity contribution in [1.82, 2.24) is 30.4 Å². The van der Waals surface area contributed by atoms with Gasteiger partial charge in [-0.15, -0.1) is 0 Å². The van der Waals surface area contributed by atoms with Gasteiger partial charge in [0, 0.05) is 44.9 Å². The molecule has 0 bridgehead atoms. The fourth-order valence-electron chi connectivity index (χ4n) is 3.42. The van der Waals surface area contributed by atoms with Crippen LogP contribution in [-0.4, -0.2) is 57.8 Å². The van der Waals surface area contributed by atoms with Crippen LogP contribution in [0.3, 0.4) is 0 Å². The van der Waals surface area contributed by atoms with Crippen LogP contribution >= 0.6 is 0 Å². The number of aromatic nitrogens is 4. The predicted molar refractivity (Wildman–Crippen MR) is 103 cm³/mol. The molecule has 0 aromatic carbocycles. The third kappa shape index (κ3) is 4.75. The number of ether oxygens (including phenoxy) is 1. The van der Waals surface area contributed by atoms with Gasteiger partial charge in [-0.2, -0.15) is 5.10 Å². The van der Waals surface area contributed by atoms with Crippen LogP contribution in [0.2, 0.25) is 0 Å². The summed E-state index contributed by atoms with van der Waals surface area (Å²) in [7, 11) is 1.83. The molecule has 2 fully saturated rings. The van der Waals surface area contributed by atoms with Gasteiger partial charge in [0.2, 0.25) is 5.88 Å². The van der Waals surface area contributed by atoms with E-state index in [1.165, 1.54) is 12.8 Å². The number of hydrogen-bond acceptors (Lipinski definition) is 5. The van der Waals surface area contributed by atoms with Crippen molar-refractivity contribution >= 4 is 5.96 Å². The van der Waals surface area contributed by atoms with E-state index in [0.29, 0.717) is 18.3 Å². The van der Waals surface area contributed by atoms with Gasteiger partial charge >= 0.3 is 0 Å². The number of aliphatic imine (C=N–C) groups is 1. The maximum Gasteiger partial charge on any atom is 0.213 e. The van der Waals surface area contributed by atoms with Gasteiger partial charge in [-0.1, -0.05) is 0 Å². The van der Waals surface area contributed by atoms with E-state index in [1.54, 1.807) is 6.33 Å². The van der Waals surface area contributed by atoms with Gasteiger partial charge in [0.05, 0.1) is 6.61 Å². The lowest BCUT2D eigenvalue weighted by atomic mass is 9.96. The van der Waals surface area contributed by atoms with E-state index in [1.807, 2.05) is 25.4 Å². The van der Waals surface area contributed by atoms with Gasteiger partial charge in [-0.3, -0.25) is 10.1 Å². The second-order valence-electron chi connectivity index (χ2n) is 7.29. The second-order valence-corrected chi connectivity index (χ2v) is 7.29. The first-order valence-electron chi connectivity index (χ1n) is 9.70. The highest BCUT2D eigenvalue weighted by atomic mass is 16.5. The molecule has 2 N–H and O–H groups in total. The summed E-state index contributed by atoms with van der Waals surface area (Å²) in [5, 5.41) is 10.4. The number of likely N-dealkylation sites (tertiary alicyclic amines) is 1. The van der Waals surface area contributed by atoms with E-state index in [0.717, 1.165) is 55.8 Å². The molecule has 8 nitrogen and oxygen atoms in total. The molecule has 8 heteroatoms. The number of H-pyrrole nitrogens is 1. The molecule has 0 unspecified atom stereocenters. The molecule has 3 heterocycles. The highest BCUT2D eigenvalue weighted by molar-refractivity contribution is 5.80. The van der Waals surface area contributed by atoms with Crippen LogP contribution in [0.5, 0.6) is 5.88 Å². The zero-order valence-corrected chi connectivity index (χ0v) is 15.8. The van der Waals surface area contributed by atoms with Gasteiger partial charge in [0.1, 0.15) is 12.2 Å². The van der Waals surface area contributed by atoms with E-state index in [2.05, 4.69) is 35.4 Å². The zero-order chi connectivity index (χ0) is 18.5. The molecule has 27 heavy (non-hydrogen) atoms. The lowest BCUT2D eigenvalue weighted by Crippen LogP contribution is -2.45. The molecule has 1 aliphatic heterocycles. The van der Waals surface area contributed by atoms with Gasteiger partial charge in [0.15, 0.2) is 5.96 Å². The SMILES string of the molecule is CN=C(NCc1ccnc(OCC2CC2)c1)N1CCC(c2ncn[nH]2)CC1. The minimum absolute atomic E-state index is 0.452. The highest BCUT2D eigenvalue weighted by Gasteiger charge is 2.24. The van der Waals surface area contributed by atoms with Crippen LogP contribution < -0.4 is 10.1 Å². The van der Waals surface area contributed by atoms with Crippen molar-refractivity contribution in [2.45, 2.75) is 38.1 Å². The Hall–Kier alpha value is -2.64. The molecule has 2 aliphatic rings. The molecule has 2 aromatic rings. The summed E-state index contributed by atoms with van der Waals surface area (Å²) in [6.45, 7) is 3.40. The van der Waals surface area contributed by atoms with Crippen LogP contribution in [-0.2, 0) is 6.54 Å². The van der Waals surface area contributed by atoms with Crippen molar-refractivity contribution in [2.24, 2.45) is 10.9 Å². The Morgan fingerprint density at radius 2 is 2.15 bits per heavy atom. The number of hydrogen-bond donors (Lipinski definition) is 2. The first kappa shape index (κ1) is 17.8. The molecule has 1 saturated heterocycles. The molecule has 0 spiro atoms. The summed E-state index contributed by atoms with van der Waals surface area (Å²) in [5.41, 5.74) is 1.15. The zero-order valence-electron chi connectivity index (χ0n) is 15.8. The van der Waals surface area contributed by atoms with E-state index < -0.39 is 0 Å². The topological polar surface area (TPSA) is 91.3 Å². The normalized spacial score (nSPS) is 18.6. The quantitative estimate of drug-likeness (QED) is 0.597. The first-order chi connectivity index (χ1) is 13.3. The lowest BCUT2D eigenvalue weighted by molar-refractivity contribution is 0.288. The Bertz CT molecular complexity index is 749. The van der Waals surface area contributed by atoms with Crippen LogP contribution in [0.25, 0.3) is 0 Å². The van der Waals surface area contributed by atoms with Crippen molar-refractivity contribution in [1.29, 1.82) is 0 Å². The number of guanidine groups is 1. The minimum Gasteiger partial charge on any atom is -0.477 e. The summed E-state index contributed by atoms with van der Waals surface area (Å²) in [5.74, 6) is 3.82. The van der Waals surface area contributed by atoms with Crippen LogP contribution in [0.1, 0.15) is 43.0 Å². The van der Waals surface area contributed by atoms with Crippen molar-refractivity contribution in [3.8, 4) is 5.88 Å². The molecule has 4 rings (SSSR count). The molecule has 144 valence electrons. The second kappa shape index (κ2) is 8.37. The maximum atomic E-state index is 5.77. The molecule has 1 aliphatic carbocycles. The van der Waals surface area contributed by atoms with Crippen LogP contribution in [0.15, 0.2) is 29.6 Å². The minimum atomic E-state index is 0.452. The van der Waals surface area contributed by atoms with E-state index >= 15 is 0 Å². The summed E-state index contributed by atoms with van der Waals surface area (Å²) in [4.78, 5) is 15.4. The molecule has 1 saturated carbocycles. The molecular formula is C19H27N7O. The van der Waals surface area contributed by atoms with Gasteiger partial charge in [-0.05, 0) is 43.2 Å². The third-order valence-corrected chi connectivity index (χ3v) is 5.24. The highest BCUT2D eigenvalue weighted by Crippen LogP contribution is 2.29.